The van der Waals surface area contributed by atoms with Crippen molar-refractivity contribution in [2.45, 2.75) is 0 Å². The van der Waals surface area contributed by atoms with Crippen LogP contribution in [0.5, 0.6) is 0 Å². The van der Waals surface area contributed by atoms with Gasteiger partial charge in [-0.2, -0.15) is 0 Å². The fraction of sp³-hybridized carbons (Fsp3) is 0. The van der Waals surface area contributed by atoms with Crippen LogP contribution in [-0.4, -0.2) is 22.2 Å². The smallest absolute Gasteiger partial charge is 0.336 e. The molecule has 0 amide bonds. The number of aromatic carboxylic acids is 2. The second-order valence-electron chi connectivity index (χ2n) is 4.13. The molecule has 0 spiro atoms. The topological polar surface area (TPSA) is 74.6 Å². The zero-order valence-electron chi connectivity index (χ0n) is 10.6. The first-order valence-corrected chi connectivity index (χ1v) is 5.85. The summed E-state index contributed by atoms with van der Waals surface area (Å²) in [5, 5.41) is 17.9. The average Bonchev–Trinajstić information content (AvgIpc) is 2.46. The van der Waals surface area contributed by atoms with Gasteiger partial charge in [-0.3, -0.25) is 0 Å². The van der Waals surface area contributed by atoms with Crippen molar-refractivity contribution in [1.29, 1.82) is 0 Å². The molecule has 0 unspecified atom stereocenters. The van der Waals surface area contributed by atoms with Crippen molar-refractivity contribution in [3.63, 3.8) is 0 Å². The van der Waals surface area contributed by atoms with Crippen molar-refractivity contribution in [3.05, 3.63) is 70.5 Å². The van der Waals surface area contributed by atoms with E-state index in [2.05, 4.69) is 11.8 Å². The van der Waals surface area contributed by atoms with Gasteiger partial charge in [0, 0.05) is 11.1 Å². The van der Waals surface area contributed by atoms with Crippen LogP contribution in [0.4, 0.5) is 4.39 Å². The van der Waals surface area contributed by atoms with Gasteiger partial charge in [0.25, 0.3) is 0 Å². The summed E-state index contributed by atoms with van der Waals surface area (Å²) >= 11 is 0. The Kier molecular flexibility index (Phi) is 4.00. The Bertz CT molecular complexity index is 767. The first-order valence-electron chi connectivity index (χ1n) is 5.85. The van der Waals surface area contributed by atoms with Gasteiger partial charge in [0.1, 0.15) is 5.82 Å². The molecule has 5 heteroatoms. The van der Waals surface area contributed by atoms with E-state index in [-0.39, 0.29) is 16.9 Å². The minimum Gasteiger partial charge on any atom is -0.478 e. The van der Waals surface area contributed by atoms with Crippen molar-refractivity contribution in [2.24, 2.45) is 0 Å². The molecule has 0 fully saturated rings. The third-order valence-electron chi connectivity index (χ3n) is 2.68. The van der Waals surface area contributed by atoms with Crippen LogP contribution in [0.2, 0.25) is 0 Å². The molecule has 0 radical (unpaired) electrons. The number of carbonyl (C=O) groups is 2. The van der Waals surface area contributed by atoms with Crippen molar-refractivity contribution < 1.29 is 24.2 Å². The summed E-state index contributed by atoms with van der Waals surface area (Å²) in [5.74, 6) is 2.43. The fourth-order valence-electron chi connectivity index (χ4n) is 1.66. The number of hydrogen-bond acceptors (Lipinski definition) is 2. The molecule has 21 heavy (non-hydrogen) atoms. The molecule has 0 saturated carbocycles. The summed E-state index contributed by atoms with van der Waals surface area (Å²) in [6, 6.07) is 9.33. The second kappa shape index (κ2) is 5.88. The first kappa shape index (κ1) is 14.3. The molecular weight excluding hydrogens is 275 g/mol. The maximum Gasteiger partial charge on any atom is 0.336 e. The van der Waals surface area contributed by atoms with Crippen LogP contribution in [0.1, 0.15) is 31.8 Å². The lowest BCUT2D eigenvalue weighted by Gasteiger charge is -2.01. The Hall–Kier alpha value is -3.13. The van der Waals surface area contributed by atoms with E-state index in [0.717, 1.165) is 0 Å². The van der Waals surface area contributed by atoms with Crippen molar-refractivity contribution >= 4 is 11.9 Å². The Balaban J connectivity index is 2.38. The standard InChI is InChI=1S/C16H9FO4/c17-12-6-3-10(4-7-12)1-2-11-5-8-13(15(18)19)14(9-11)16(20)21/h3-9H,(H,18,19)(H,20,21). The van der Waals surface area contributed by atoms with Gasteiger partial charge >= 0.3 is 11.9 Å². The second-order valence-corrected chi connectivity index (χ2v) is 4.13. The maximum atomic E-state index is 12.7. The minimum atomic E-state index is -1.34. The Morgan fingerprint density at radius 2 is 1.33 bits per heavy atom. The lowest BCUT2D eigenvalue weighted by molar-refractivity contribution is 0.0651. The fourth-order valence-corrected chi connectivity index (χ4v) is 1.66. The molecule has 2 rings (SSSR count). The van der Waals surface area contributed by atoms with Crippen molar-refractivity contribution in [1.82, 2.24) is 0 Å². The molecule has 4 nitrogen and oxygen atoms in total. The van der Waals surface area contributed by atoms with E-state index < -0.39 is 11.9 Å². The van der Waals surface area contributed by atoms with Crippen LogP contribution in [-0.2, 0) is 0 Å². The molecule has 0 aromatic heterocycles. The van der Waals surface area contributed by atoms with E-state index in [1.54, 1.807) is 0 Å². The van der Waals surface area contributed by atoms with Gasteiger partial charge < -0.3 is 10.2 Å². The third-order valence-corrected chi connectivity index (χ3v) is 2.68. The Morgan fingerprint density at radius 3 is 1.90 bits per heavy atom. The lowest BCUT2D eigenvalue weighted by Crippen LogP contribution is -2.08. The van der Waals surface area contributed by atoms with Gasteiger partial charge in [-0.05, 0) is 42.5 Å². The Labute approximate surface area is 119 Å². The van der Waals surface area contributed by atoms with Crippen LogP contribution in [0, 0.1) is 17.7 Å². The summed E-state index contributed by atoms with van der Waals surface area (Å²) in [7, 11) is 0. The summed E-state index contributed by atoms with van der Waals surface area (Å²) in [4.78, 5) is 22.0. The van der Waals surface area contributed by atoms with Crippen molar-refractivity contribution in [2.75, 3.05) is 0 Å². The molecule has 0 bridgehead atoms. The summed E-state index contributed by atoms with van der Waals surface area (Å²) < 4.78 is 12.7. The normalized spacial score (nSPS) is 9.57. The number of halogens is 1. The predicted molar refractivity (Wildman–Crippen MR) is 72.7 cm³/mol. The van der Waals surface area contributed by atoms with Crippen LogP contribution in [0.15, 0.2) is 42.5 Å². The highest BCUT2D eigenvalue weighted by Gasteiger charge is 2.15. The van der Waals surface area contributed by atoms with Gasteiger partial charge in [-0.1, -0.05) is 11.8 Å². The highest BCUT2D eigenvalue weighted by Crippen LogP contribution is 2.12. The highest BCUT2D eigenvalue weighted by molar-refractivity contribution is 6.01. The number of rotatable bonds is 2. The van der Waals surface area contributed by atoms with Gasteiger partial charge in [-0.15, -0.1) is 0 Å². The van der Waals surface area contributed by atoms with E-state index >= 15 is 0 Å². The largest absolute Gasteiger partial charge is 0.478 e. The zero-order valence-corrected chi connectivity index (χ0v) is 10.6. The molecule has 2 aromatic rings. The summed E-state index contributed by atoms with van der Waals surface area (Å²) in [6.45, 7) is 0. The summed E-state index contributed by atoms with van der Waals surface area (Å²) in [5.41, 5.74) is 0.306. The zero-order chi connectivity index (χ0) is 15.4. The molecule has 0 saturated heterocycles. The van der Waals surface area contributed by atoms with Crippen molar-refractivity contribution in [3.8, 4) is 11.8 Å². The lowest BCUT2D eigenvalue weighted by atomic mass is 10.0. The maximum absolute atomic E-state index is 12.7. The molecule has 0 aliphatic carbocycles. The molecular formula is C16H9FO4. The molecule has 104 valence electrons. The summed E-state index contributed by atoms with van der Waals surface area (Å²) in [6.07, 6.45) is 0. The van der Waals surface area contributed by atoms with E-state index in [9.17, 15) is 14.0 Å². The minimum absolute atomic E-state index is 0.296. The molecule has 0 atom stereocenters. The van der Waals surface area contributed by atoms with E-state index in [0.29, 0.717) is 11.1 Å². The monoisotopic (exact) mass is 284 g/mol. The molecule has 0 heterocycles. The number of carboxylic acid groups (broad SMARTS) is 2. The van der Waals surface area contributed by atoms with Gasteiger partial charge in [0.15, 0.2) is 0 Å². The van der Waals surface area contributed by atoms with Crippen LogP contribution in [0.3, 0.4) is 0 Å². The van der Waals surface area contributed by atoms with Crippen LogP contribution in [0.25, 0.3) is 0 Å². The highest BCUT2D eigenvalue weighted by atomic mass is 19.1. The van der Waals surface area contributed by atoms with E-state index in [1.165, 1.54) is 42.5 Å². The van der Waals surface area contributed by atoms with E-state index in [4.69, 9.17) is 10.2 Å². The SMILES string of the molecule is O=C(O)c1ccc(C#Cc2ccc(F)cc2)cc1C(=O)O. The molecule has 0 aliphatic heterocycles. The van der Waals surface area contributed by atoms with Gasteiger partial charge in [-0.25, -0.2) is 14.0 Å². The predicted octanol–water partition coefficient (Wildman–Crippen LogP) is 2.62. The number of carboxylic acids is 2. The number of benzene rings is 2. The molecule has 0 aliphatic rings. The van der Waals surface area contributed by atoms with Crippen LogP contribution >= 0.6 is 0 Å². The van der Waals surface area contributed by atoms with E-state index in [1.807, 2.05) is 0 Å². The quantitative estimate of drug-likeness (QED) is 0.831. The molecule has 2 aromatic carbocycles. The van der Waals surface area contributed by atoms with Gasteiger partial charge in [0.05, 0.1) is 11.1 Å². The van der Waals surface area contributed by atoms with Gasteiger partial charge in [0.2, 0.25) is 0 Å². The molecule has 2 N–H and O–H groups in total. The first-order chi connectivity index (χ1) is 9.97. The third kappa shape index (κ3) is 3.45. The number of hydrogen-bond donors (Lipinski definition) is 2. The Morgan fingerprint density at radius 1 is 0.810 bits per heavy atom. The average molecular weight is 284 g/mol. The van der Waals surface area contributed by atoms with Crippen LogP contribution < -0.4 is 0 Å².